The number of hydrogen-bond donors (Lipinski definition) is 1. The maximum absolute atomic E-state index is 13.7. The molecular formula is C21H21FN2O2. The van der Waals surface area contributed by atoms with Crippen LogP contribution in [0.3, 0.4) is 0 Å². The van der Waals surface area contributed by atoms with Crippen LogP contribution in [0.4, 0.5) is 4.39 Å². The Labute approximate surface area is 151 Å². The van der Waals surface area contributed by atoms with Crippen LogP contribution in [0.2, 0.25) is 0 Å². The van der Waals surface area contributed by atoms with Crippen LogP contribution in [0.25, 0.3) is 10.9 Å². The van der Waals surface area contributed by atoms with Gasteiger partial charge in [0.05, 0.1) is 13.2 Å². The average molecular weight is 352 g/mol. The molecule has 4 rings (SSSR count). The minimum absolute atomic E-state index is 0.0471. The Bertz CT molecular complexity index is 950. The second kappa shape index (κ2) is 6.83. The molecule has 0 radical (unpaired) electrons. The number of likely N-dealkylation sites (tertiary alicyclic amines) is 1. The van der Waals surface area contributed by atoms with Gasteiger partial charge in [-0.15, -0.1) is 0 Å². The van der Waals surface area contributed by atoms with Gasteiger partial charge in [-0.25, -0.2) is 4.39 Å². The molecule has 26 heavy (non-hydrogen) atoms. The maximum Gasteiger partial charge on any atom is 0.270 e. The van der Waals surface area contributed by atoms with E-state index in [2.05, 4.69) is 4.98 Å². The fraction of sp³-hybridized carbons (Fsp3) is 0.286. The SMILES string of the molecule is COc1ccc2[nH]c(C(=O)N3CCCC[C@@H]3c3cccc(F)c3)cc2c1. The minimum Gasteiger partial charge on any atom is -0.497 e. The molecule has 1 amide bonds. The molecule has 0 saturated carbocycles. The number of nitrogens with one attached hydrogen (secondary N) is 1. The second-order valence-electron chi connectivity index (χ2n) is 6.70. The molecule has 1 fully saturated rings. The van der Waals surface area contributed by atoms with E-state index in [1.54, 1.807) is 13.2 Å². The molecule has 5 heteroatoms. The van der Waals surface area contributed by atoms with Crippen LogP contribution in [-0.4, -0.2) is 29.4 Å². The number of H-pyrrole nitrogens is 1. The highest BCUT2D eigenvalue weighted by molar-refractivity contribution is 5.98. The number of ether oxygens (including phenoxy) is 1. The fourth-order valence-electron chi connectivity index (χ4n) is 3.74. The summed E-state index contributed by atoms with van der Waals surface area (Å²) in [6, 6.07) is 14.0. The number of methoxy groups -OCH3 is 1. The molecule has 1 aromatic heterocycles. The fourth-order valence-corrected chi connectivity index (χ4v) is 3.74. The highest BCUT2D eigenvalue weighted by atomic mass is 19.1. The third-order valence-electron chi connectivity index (χ3n) is 5.06. The van der Waals surface area contributed by atoms with E-state index in [1.165, 1.54) is 12.1 Å². The summed E-state index contributed by atoms with van der Waals surface area (Å²) in [5, 5.41) is 0.937. The van der Waals surface area contributed by atoms with Crippen LogP contribution >= 0.6 is 0 Å². The Balaban J connectivity index is 1.66. The maximum atomic E-state index is 13.7. The molecule has 1 aliphatic heterocycles. The molecular weight excluding hydrogens is 331 g/mol. The first kappa shape index (κ1) is 16.6. The van der Waals surface area contributed by atoms with E-state index >= 15 is 0 Å². The van der Waals surface area contributed by atoms with Crippen molar-refractivity contribution in [3.63, 3.8) is 0 Å². The largest absolute Gasteiger partial charge is 0.497 e. The number of aromatic nitrogens is 1. The Morgan fingerprint density at radius 3 is 2.88 bits per heavy atom. The number of amides is 1. The van der Waals surface area contributed by atoms with Gasteiger partial charge >= 0.3 is 0 Å². The van der Waals surface area contributed by atoms with Crippen LogP contribution in [0.1, 0.15) is 41.4 Å². The van der Waals surface area contributed by atoms with Crippen molar-refractivity contribution in [3.05, 3.63) is 65.6 Å². The summed E-state index contributed by atoms with van der Waals surface area (Å²) < 4.78 is 18.9. The van der Waals surface area contributed by atoms with Crippen molar-refractivity contribution in [1.82, 2.24) is 9.88 Å². The molecule has 1 N–H and O–H groups in total. The highest BCUT2D eigenvalue weighted by Crippen LogP contribution is 2.33. The van der Waals surface area contributed by atoms with E-state index in [0.717, 1.165) is 41.5 Å². The standard InChI is InChI=1S/C21H21FN2O2/c1-26-17-8-9-18-15(12-17)13-19(23-18)21(25)24-10-3-2-7-20(24)14-5-4-6-16(22)11-14/h4-6,8-9,11-13,20,23H,2-3,7,10H2,1H3/t20-/m1/s1. The molecule has 1 aliphatic rings. The van der Waals surface area contributed by atoms with Gasteiger partial charge in [-0.1, -0.05) is 12.1 Å². The molecule has 0 aliphatic carbocycles. The van der Waals surface area contributed by atoms with Crippen LogP contribution in [0.5, 0.6) is 5.75 Å². The summed E-state index contributed by atoms with van der Waals surface area (Å²) in [4.78, 5) is 18.2. The van der Waals surface area contributed by atoms with Gasteiger partial charge in [-0.05, 0) is 61.2 Å². The van der Waals surface area contributed by atoms with Crippen molar-refractivity contribution in [1.29, 1.82) is 0 Å². The first-order valence-corrected chi connectivity index (χ1v) is 8.89. The normalized spacial score (nSPS) is 17.5. The lowest BCUT2D eigenvalue weighted by Gasteiger charge is -2.36. The van der Waals surface area contributed by atoms with Crippen molar-refractivity contribution in [2.45, 2.75) is 25.3 Å². The van der Waals surface area contributed by atoms with E-state index < -0.39 is 0 Å². The summed E-state index contributed by atoms with van der Waals surface area (Å²) in [5.74, 6) is 0.443. The molecule has 0 spiro atoms. The number of fused-ring (bicyclic) bond motifs is 1. The van der Waals surface area contributed by atoms with Crippen LogP contribution < -0.4 is 4.74 Å². The lowest BCUT2D eigenvalue weighted by molar-refractivity contribution is 0.0606. The number of aromatic amines is 1. The molecule has 0 unspecified atom stereocenters. The summed E-state index contributed by atoms with van der Waals surface area (Å²) in [5.41, 5.74) is 2.31. The van der Waals surface area contributed by atoms with Crippen molar-refractivity contribution in [3.8, 4) is 5.75 Å². The van der Waals surface area contributed by atoms with E-state index in [9.17, 15) is 9.18 Å². The molecule has 134 valence electrons. The summed E-state index contributed by atoms with van der Waals surface area (Å²) in [7, 11) is 1.62. The van der Waals surface area contributed by atoms with Gasteiger partial charge < -0.3 is 14.6 Å². The van der Waals surface area contributed by atoms with Gasteiger partial charge in [0, 0.05) is 17.4 Å². The van der Waals surface area contributed by atoms with E-state index in [-0.39, 0.29) is 17.8 Å². The Hall–Kier alpha value is -2.82. The lowest BCUT2D eigenvalue weighted by Crippen LogP contribution is -2.38. The van der Waals surface area contributed by atoms with Gasteiger partial charge in [0.2, 0.25) is 0 Å². The number of piperidine rings is 1. The van der Waals surface area contributed by atoms with Crippen molar-refractivity contribution in [2.24, 2.45) is 0 Å². The van der Waals surface area contributed by atoms with Gasteiger partial charge in [0.1, 0.15) is 17.3 Å². The first-order valence-electron chi connectivity index (χ1n) is 8.89. The van der Waals surface area contributed by atoms with Gasteiger partial charge in [-0.3, -0.25) is 4.79 Å². The van der Waals surface area contributed by atoms with Crippen molar-refractivity contribution in [2.75, 3.05) is 13.7 Å². The Kier molecular flexibility index (Phi) is 4.37. The highest BCUT2D eigenvalue weighted by Gasteiger charge is 2.29. The number of nitrogens with zero attached hydrogens (tertiary/aromatic N) is 1. The molecule has 1 saturated heterocycles. The molecule has 4 nitrogen and oxygen atoms in total. The number of halogens is 1. The smallest absolute Gasteiger partial charge is 0.270 e. The van der Waals surface area contributed by atoms with Crippen LogP contribution in [0, 0.1) is 5.82 Å². The quantitative estimate of drug-likeness (QED) is 0.744. The van der Waals surface area contributed by atoms with Gasteiger partial charge in [-0.2, -0.15) is 0 Å². The Morgan fingerprint density at radius 2 is 2.08 bits per heavy atom. The number of rotatable bonds is 3. The third kappa shape index (κ3) is 3.05. The molecule has 0 bridgehead atoms. The zero-order chi connectivity index (χ0) is 18.1. The lowest BCUT2D eigenvalue weighted by atomic mass is 9.95. The van der Waals surface area contributed by atoms with Crippen molar-refractivity contribution < 1.29 is 13.9 Å². The predicted molar refractivity (Wildman–Crippen MR) is 98.9 cm³/mol. The second-order valence-corrected chi connectivity index (χ2v) is 6.70. The first-order chi connectivity index (χ1) is 12.7. The average Bonchev–Trinajstić information content (AvgIpc) is 3.10. The summed E-state index contributed by atoms with van der Waals surface area (Å²) in [6.45, 7) is 0.679. The Morgan fingerprint density at radius 1 is 1.19 bits per heavy atom. The van der Waals surface area contributed by atoms with Crippen LogP contribution in [0.15, 0.2) is 48.5 Å². The minimum atomic E-state index is -0.266. The molecule has 1 atom stereocenters. The zero-order valence-electron chi connectivity index (χ0n) is 14.7. The zero-order valence-corrected chi connectivity index (χ0v) is 14.7. The summed E-state index contributed by atoms with van der Waals surface area (Å²) >= 11 is 0. The third-order valence-corrected chi connectivity index (χ3v) is 5.06. The topological polar surface area (TPSA) is 45.3 Å². The van der Waals surface area contributed by atoms with Gasteiger partial charge in [0.15, 0.2) is 0 Å². The van der Waals surface area contributed by atoms with E-state index in [4.69, 9.17) is 4.74 Å². The molecule has 2 heterocycles. The monoisotopic (exact) mass is 352 g/mol. The van der Waals surface area contributed by atoms with Crippen molar-refractivity contribution >= 4 is 16.8 Å². The number of carbonyl (C=O) groups excluding carboxylic acids is 1. The number of carbonyl (C=O) groups is 1. The number of hydrogen-bond acceptors (Lipinski definition) is 2. The summed E-state index contributed by atoms with van der Waals surface area (Å²) in [6.07, 6.45) is 2.85. The predicted octanol–water partition coefficient (Wildman–Crippen LogP) is 4.68. The molecule has 3 aromatic rings. The van der Waals surface area contributed by atoms with Gasteiger partial charge in [0.25, 0.3) is 5.91 Å². The van der Waals surface area contributed by atoms with E-state index in [0.29, 0.717) is 12.2 Å². The molecule has 2 aromatic carbocycles. The van der Waals surface area contributed by atoms with Crippen LogP contribution in [-0.2, 0) is 0 Å². The van der Waals surface area contributed by atoms with E-state index in [1.807, 2.05) is 35.2 Å². The number of benzene rings is 2.